The fraction of sp³-hybridized carbons (Fsp3) is 1.00. The Morgan fingerprint density at radius 3 is 2.81 bits per heavy atom. The number of nitrogens with one attached hydrogen (secondary N) is 1. The molecule has 96 valence electrons. The Balaban J connectivity index is 2.10. The van der Waals surface area contributed by atoms with Crippen LogP contribution in [0.15, 0.2) is 0 Å². The maximum Gasteiger partial charge on any atom is 0.0784 e. The highest BCUT2D eigenvalue weighted by atomic mass is 16.5. The number of hydrogen-bond donors (Lipinski definition) is 1. The fourth-order valence-electron chi connectivity index (χ4n) is 2.25. The van der Waals surface area contributed by atoms with E-state index < -0.39 is 0 Å². The molecule has 0 bridgehead atoms. The third kappa shape index (κ3) is 5.28. The predicted octanol–water partition coefficient (Wildman–Crippen LogP) is 2.35. The van der Waals surface area contributed by atoms with Gasteiger partial charge in [-0.2, -0.15) is 0 Å². The monoisotopic (exact) mass is 229 g/mol. The molecule has 0 radical (unpaired) electrons. The lowest BCUT2D eigenvalue weighted by Gasteiger charge is -2.19. The molecule has 1 fully saturated rings. The van der Waals surface area contributed by atoms with E-state index in [1.54, 1.807) is 0 Å². The topological polar surface area (TPSA) is 30.5 Å². The van der Waals surface area contributed by atoms with Gasteiger partial charge in [-0.3, -0.25) is 0 Å². The summed E-state index contributed by atoms with van der Waals surface area (Å²) in [6.07, 6.45) is 5.49. The average molecular weight is 229 g/mol. The van der Waals surface area contributed by atoms with E-state index in [4.69, 9.17) is 9.47 Å². The smallest absolute Gasteiger partial charge is 0.0784 e. The van der Waals surface area contributed by atoms with Gasteiger partial charge in [0.05, 0.1) is 18.8 Å². The van der Waals surface area contributed by atoms with E-state index in [1.807, 2.05) is 6.92 Å². The third-order valence-corrected chi connectivity index (χ3v) is 3.05. The van der Waals surface area contributed by atoms with Crippen molar-refractivity contribution < 1.29 is 9.47 Å². The van der Waals surface area contributed by atoms with Gasteiger partial charge >= 0.3 is 0 Å². The maximum atomic E-state index is 5.96. The van der Waals surface area contributed by atoms with E-state index in [0.29, 0.717) is 12.1 Å². The van der Waals surface area contributed by atoms with Gasteiger partial charge in [0.1, 0.15) is 0 Å². The van der Waals surface area contributed by atoms with Crippen LogP contribution < -0.4 is 5.32 Å². The molecule has 3 nitrogen and oxygen atoms in total. The summed E-state index contributed by atoms with van der Waals surface area (Å²) >= 11 is 0. The lowest BCUT2D eigenvalue weighted by molar-refractivity contribution is -0.0438. The largest absolute Gasteiger partial charge is 0.379 e. The van der Waals surface area contributed by atoms with Crippen LogP contribution in [-0.2, 0) is 9.47 Å². The van der Waals surface area contributed by atoms with Crippen LogP contribution in [0, 0.1) is 0 Å². The first-order chi connectivity index (χ1) is 7.76. The molecule has 0 spiro atoms. The molecular formula is C13H27NO2. The number of hydrogen-bond acceptors (Lipinski definition) is 3. The van der Waals surface area contributed by atoms with Crippen LogP contribution in [0.1, 0.15) is 46.5 Å². The van der Waals surface area contributed by atoms with Crippen LogP contribution in [0.4, 0.5) is 0 Å². The molecule has 1 aliphatic carbocycles. The molecule has 0 aromatic heterocycles. The Kier molecular flexibility index (Phi) is 7.01. The molecule has 1 rings (SSSR count). The molecule has 0 aliphatic heterocycles. The van der Waals surface area contributed by atoms with E-state index in [0.717, 1.165) is 26.2 Å². The minimum atomic E-state index is 0.231. The van der Waals surface area contributed by atoms with Crippen LogP contribution >= 0.6 is 0 Å². The molecule has 16 heavy (non-hydrogen) atoms. The molecule has 1 saturated carbocycles. The minimum absolute atomic E-state index is 0.231. The van der Waals surface area contributed by atoms with E-state index >= 15 is 0 Å². The Bertz CT molecular complexity index is 175. The second kappa shape index (κ2) is 8.04. The van der Waals surface area contributed by atoms with Gasteiger partial charge in [0.2, 0.25) is 0 Å². The molecule has 0 aromatic carbocycles. The summed E-state index contributed by atoms with van der Waals surface area (Å²) in [5.41, 5.74) is 0. The molecule has 0 saturated heterocycles. The van der Waals surface area contributed by atoms with Crippen molar-refractivity contribution in [3.8, 4) is 0 Å². The van der Waals surface area contributed by atoms with Crippen LogP contribution in [0.5, 0.6) is 0 Å². The van der Waals surface area contributed by atoms with Gasteiger partial charge in [0, 0.05) is 12.6 Å². The van der Waals surface area contributed by atoms with Crippen LogP contribution in [0.3, 0.4) is 0 Å². The van der Waals surface area contributed by atoms with Crippen molar-refractivity contribution in [2.24, 2.45) is 0 Å². The van der Waals surface area contributed by atoms with Gasteiger partial charge in [0.25, 0.3) is 0 Å². The first-order valence-corrected chi connectivity index (χ1v) is 6.72. The first kappa shape index (κ1) is 13.9. The van der Waals surface area contributed by atoms with E-state index in [-0.39, 0.29) is 6.10 Å². The van der Waals surface area contributed by atoms with Crippen LogP contribution in [0.25, 0.3) is 0 Å². The standard InChI is InChI=1S/C13H27NO2/c1-4-8-14-12-6-7-13(9-12)16-11(3)10-15-5-2/h11-14H,4-10H2,1-3H3. The maximum absolute atomic E-state index is 5.96. The van der Waals surface area contributed by atoms with Crippen molar-refractivity contribution in [3.05, 3.63) is 0 Å². The summed E-state index contributed by atoms with van der Waals surface area (Å²) in [6.45, 7) is 8.96. The zero-order valence-corrected chi connectivity index (χ0v) is 11.0. The first-order valence-electron chi connectivity index (χ1n) is 6.72. The van der Waals surface area contributed by atoms with Gasteiger partial charge < -0.3 is 14.8 Å². The Morgan fingerprint density at radius 1 is 1.31 bits per heavy atom. The SMILES string of the molecule is CCCNC1CCC(OC(C)COCC)C1. The van der Waals surface area contributed by atoms with E-state index in [9.17, 15) is 0 Å². The predicted molar refractivity (Wildman–Crippen MR) is 66.8 cm³/mol. The summed E-state index contributed by atoms with van der Waals surface area (Å²) in [7, 11) is 0. The van der Waals surface area contributed by atoms with Crippen molar-refractivity contribution in [2.45, 2.75) is 64.7 Å². The zero-order chi connectivity index (χ0) is 11.8. The number of rotatable bonds is 8. The van der Waals surface area contributed by atoms with Crippen molar-refractivity contribution in [3.63, 3.8) is 0 Å². The Morgan fingerprint density at radius 2 is 2.12 bits per heavy atom. The van der Waals surface area contributed by atoms with E-state index in [1.165, 1.54) is 19.3 Å². The van der Waals surface area contributed by atoms with E-state index in [2.05, 4.69) is 19.2 Å². The Labute approximate surface area is 99.9 Å². The minimum Gasteiger partial charge on any atom is -0.379 e. The molecular weight excluding hydrogens is 202 g/mol. The molecule has 3 unspecified atom stereocenters. The van der Waals surface area contributed by atoms with Crippen molar-refractivity contribution in [2.75, 3.05) is 19.8 Å². The van der Waals surface area contributed by atoms with Gasteiger partial charge in [-0.25, -0.2) is 0 Å². The number of ether oxygens (including phenoxy) is 2. The van der Waals surface area contributed by atoms with Gasteiger partial charge in [-0.15, -0.1) is 0 Å². The zero-order valence-electron chi connectivity index (χ0n) is 11.0. The summed E-state index contributed by atoms with van der Waals surface area (Å²) < 4.78 is 11.3. The highest BCUT2D eigenvalue weighted by molar-refractivity contribution is 4.81. The second-order valence-electron chi connectivity index (χ2n) is 4.69. The molecule has 0 amide bonds. The summed E-state index contributed by atoms with van der Waals surface area (Å²) in [5, 5.41) is 3.57. The van der Waals surface area contributed by atoms with Crippen molar-refractivity contribution in [1.82, 2.24) is 5.32 Å². The summed E-state index contributed by atoms with van der Waals surface area (Å²) in [5.74, 6) is 0. The fourth-order valence-corrected chi connectivity index (χ4v) is 2.25. The molecule has 3 atom stereocenters. The molecule has 0 aromatic rings. The lowest BCUT2D eigenvalue weighted by atomic mass is 10.2. The van der Waals surface area contributed by atoms with Gasteiger partial charge in [-0.1, -0.05) is 6.92 Å². The normalized spacial score (nSPS) is 27.2. The third-order valence-electron chi connectivity index (χ3n) is 3.05. The lowest BCUT2D eigenvalue weighted by Crippen LogP contribution is -2.29. The summed E-state index contributed by atoms with van der Waals surface area (Å²) in [4.78, 5) is 0. The van der Waals surface area contributed by atoms with Crippen LogP contribution in [0.2, 0.25) is 0 Å². The quantitative estimate of drug-likeness (QED) is 0.693. The molecule has 3 heteroatoms. The van der Waals surface area contributed by atoms with Gasteiger partial charge in [-0.05, 0) is 46.1 Å². The molecule has 1 N–H and O–H groups in total. The van der Waals surface area contributed by atoms with Crippen LogP contribution in [-0.4, -0.2) is 38.0 Å². The second-order valence-corrected chi connectivity index (χ2v) is 4.69. The highest BCUT2D eigenvalue weighted by Crippen LogP contribution is 2.23. The molecule has 0 heterocycles. The van der Waals surface area contributed by atoms with Crippen molar-refractivity contribution >= 4 is 0 Å². The highest BCUT2D eigenvalue weighted by Gasteiger charge is 2.25. The Hall–Kier alpha value is -0.120. The summed E-state index contributed by atoms with van der Waals surface area (Å²) in [6, 6.07) is 0.671. The molecule has 1 aliphatic rings. The van der Waals surface area contributed by atoms with Gasteiger partial charge in [0.15, 0.2) is 0 Å². The average Bonchev–Trinajstić information content (AvgIpc) is 2.71. The van der Waals surface area contributed by atoms with Crippen molar-refractivity contribution in [1.29, 1.82) is 0 Å².